The van der Waals surface area contributed by atoms with Gasteiger partial charge in [0, 0.05) is 35.3 Å². The predicted octanol–water partition coefficient (Wildman–Crippen LogP) is 5.00. The summed E-state index contributed by atoms with van der Waals surface area (Å²) in [4.78, 5) is 51.3. The summed E-state index contributed by atoms with van der Waals surface area (Å²) < 4.78 is 15.7. The van der Waals surface area contributed by atoms with Crippen LogP contribution < -0.4 is 14.4 Å². The number of anilines is 1. The summed E-state index contributed by atoms with van der Waals surface area (Å²) in [6.45, 7) is -0.334. The van der Waals surface area contributed by atoms with Gasteiger partial charge >= 0.3 is 11.9 Å². The van der Waals surface area contributed by atoms with Gasteiger partial charge in [0.15, 0.2) is 12.4 Å². The zero-order valence-corrected chi connectivity index (χ0v) is 21.1. The molecule has 190 valence electrons. The number of carbonyl (C=O) groups is 4. The van der Waals surface area contributed by atoms with E-state index in [0.29, 0.717) is 16.5 Å². The van der Waals surface area contributed by atoms with Crippen LogP contribution in [0, 0.1) is 5.92 Å². The van der Waals surface area contributed by atoms with Crippen LogP contribution >= 0.6 is 23.2 Å². The molecular weight excluding hydrogens is 521 g/mol. The second-order valence-electron chi connectivity index (χ2n) is 8.18. The summed E-state index contributed by atoms with van der Waals surface area (Å²) >= 11 is 11.9. The molecule has 1 fully saturated rings. The molecule has 0 aromatic heterocycles. The van der Waals surface area contributed by atoms with Crippen molar-refractivity contribution in [1.82, 2.24) is 0 Å². The summed E-state index contributed by atoms with van der Waals surface area (Å²) in [7, 11) is 1.53. The standard InChI is InChI=1S/C27H21Cl2NO7/c1-35-21-4-2-3-19(13-21)30-14-17(11-25(30)32)26(33)36-15-24(31)16-5-8-20(9-6-16)37-27(34)22-10-7-18(28)12-23(22)29/h2-10,12-13,17H,11,14-15H2,1H3/t17-/m1/s1. The van der Waals surface area contributed by atoms with Gasteiger partial charge in [0.1, 0.15) is 11.5 Å². The Morgan fingerprint density at radius 2 is 1.73 bits per heavy atom. The number of amides is 1. The molecule has 1 aliphatic heterocycles. The highest BCUT2D eigenvalue weighted by atomic mass is 35.5. The molecule has 3 aromatic carbocycles. The van der Waals surface area contributed by atoms with Crippen LogP contribution in [0.25, 0.3) is 0 Å². The van der Waals surface area contributed by atoms with Gasteiger partial charge in [0.25, 0.3) is 0 Å². The van der Waals surface area contributed by atoms with Crippen molar-refractivity contribution in [3.63, 3.8) is 0 Å². The van der Waals surface area contributed by atoms with Crippen LogP contribution in [0.1, 0.15) is 27.1 Å². The molecule has 0 spiro atoms. The smallest absolute Gasteiger partial charge is 0.345 e. The molecule has 0 N–H and O–H groups in total. The van der Waals surface area contributed by atoms with Crippen molar-refractivity contribution >= 4 is 52.5 Å². The van der Waals surface area contributed by atoms with Gasteiger partial charge in [-0.25, -0.2) is 4.79 Å². The third-order valence-electron chi connectivity index (χ3n) is 5.71. The van der Waals surface area contributed by atoms with Gasteiger partial charge in [-0.1, -0.05) is 29.3 Å². The number of hydrogen-bond donors (Lipinski definition) is 0. The van der Waals surface area contributed by atoms with Crippen LogP contribution in [0.2, 0.25) is 10.0 Å². The van der Waals surface area contributed by atoms with E-state index in [-0.39, 0.29) is 40.8 Å². The number of esters is 2. The molecule has 4 rings (SSSR count). The van der Waals surface area contributed by atoms with Gasteiger partial charge in [-0.2, -0.15) is 0 Å². The number of halogens is 2. The normalized spacial score (nSPS) is 14.8. The number of methoxy groups -OCH3 is 1. The van der Waals surface area contributed by atoms with Crippen molar-refractivity contribution < 1.29 is 33.4 Å². The molecule has 8 nitrogen and oxygen atoms in total. The van der Waals surface area contributed by atoms with Gasteiger partial charge < -0.3 is 19.1 Å². The molecule has 0 radical (unpaired) electrons. The van der Waals surface area contributed by atoms with Crippen molar-refractivity contribution in [2.45, 2.75) is 6.42 Å². The van der Waals surface area contributed by atoms with Gasteiger partial charge in [-0.15, -0.1) is 0 Å². The summed E-state index contributed by atoms with van der Waals surface area (Å²) in [6.07, 6.45) is -0.0120. The van der Waals surface area contributed by atoms with Crippen LogP contribution in [-0.2, 0) is 14.3 Å². The highest BCUT2D eigenvalue weighted by Gasteiger charge is 2.36. The van der Waals surface area contributed by atoms with Crippen LogP contribution in [0.15, 0.2) is 66.7 Å². The maximum absolute atomic E-state index is 12.5. The van der Waals surface area contributed by atoms with Crippen LogP contribution in [0.5, 0.6) is 11.5 Å². The van der Waals surface area contributed by atoms with Crippen molar-refractivity contribution in [2.75, 3.05) is 25.2 Å². The number of carbonyl (C=O) groups excluding carboxylic acids is 4. The molecule has 1 atom stereocenters. The lowest BCUT2D eigenvalue weighted by Gasteiger charge is -2.17. The molecule has 1 aliphatic rings. The highest BCUT2D eigenvalue weighted by molar-refractivity contribution is 6.36. The summed E-state index contributed by atoms with van der Waals surface area (Å²) in [5, 5.41) is 0.542. The number of ether oxygens (including phenoxy) is 3. The molecule has 1 amide bonds. The zero-order valence-electron chi connectivity index (χ0n) is 19.6. The molecule has 37 heavy (non-hydrogen) atoms. The number of benzene rings is 3. The summed E-state index contributed by atoms with van der Waals surface area (Å²) in [6, 6.07) is 17.2. The largest absolute Gasteiger partial charge is 0.497 e. The fourth-order valence-electron chi connectivity index (χ4n) is 3.76. The molecule has 0 aliphatic carbocycles. The maximum Gasteiger partial charge on any atom is 0.345 e. The first-order valence-corrected chi connectivity index (χ1v) is 11.9. The lowest BCUT2D eigenvalue weighted by Crippen LogP contribution is -2.27. The molecule has 0 bridgehead atoms. The van der Waals surface area contributed by atoms with Gasteiger partial charge in [-0.05, 0) is 54.6 Å². The molecule has 1 heterocycles. The predicted molar refractivity (Wildman–Crippen MR) is 137 cm³/mol. The first-order chi connectivity index (χ1) is 17.7. The topological polar surface area (TPSA) is 99.2 Å². The van der Waals surface area contributed by atoms with Crippen LogP contribution in [-0.4, -0.2) is 43.9 Å². The highest BCUT2D eigenvalue weighted by Crippen LogP contribution is 2.28. The fourth-order valence-corrected chi connectivity index (χ4v) is 4.24. The first-order valence-electron chi connectivity index (χ1n) is 11.2. The van der Waals surface area contributed by atoms with E-state index in [4.69, 9.17) is 37.4 Å². The van der Waals surface area contributed by atoms with Crippen molar-refractivity contribution in [3.8, 4) is 11.5 Å². The van der Waals surface area contributed by atoms with E-state index < -0.39 is 30.2 Å². The molecule has 10 heteroatoms. The monoisotopic (exact) mass is 541 g/mol. The third-order valence-corrected chi connectivity index (χ3v) is 6.25. The van der Waals surface area contributed by atoms with Crippen LogP contribution in [0.4, 0.5) is 5.69 Å². The minimum Gasteiger partial charge on any atom is -0.497 e. The minimum absolute atomic E-state index is 0.0120. The number of rotatable bonds is 8. The minimum atomic E-state index is -0.687. The van der Waals surface area contributed by atoms with E-state index in [9.17, 15) is 19.2 Å². The van der Waals surface area contributed by atoms with E-state index in [1.165, 1.54) is 54.5 Å². The molecule has 3 aromatic rings. The Labute approximate surface area is 222 Å². The number of hydrogen-bond acceptors (Lipinski definition) is 7. The number of nitrogens with zero attached hydrogens (tertiary/aromatic N) is 1. The average molecular weight is 542 g/mol. The Morgan fingerprint density at radius 1 is 0.973 bits per heavy atom. The maximum atomic E-state index is 12.5. The lowest BCUT2D eigenvalue weighted by molar-refractivity contribution is -0.147. The van der Waals surface area contributed by atoms with Crippen molar-refractivity contribution in [2.24, 2.45) is 5.92 Å². The Hall–Kier alpha value is -3.88. The Balaban J connectivity index is 1.30. The van der Waals surface area contributed by atoms with Crippen molar-refractivity contribution in [1.29, 1.82) is 0 Å². The van der Waals surface area contributed by atoms with E-state index in [0.717, 1.165) is 0 Å². The van der Waals surface area contributed by atoms with Gasteiger partial charge in [0.2, 0.25) is 5.91 Å². The average Bonchev–Trinajstić information content (AvgIpc) is 3.29. The second-order valence-corrected chi connectivity index (χ2v) is 9.02. The van der Waals surface area contributed by atoms with E-state index >= 15 is 0 Å². The Morgan fingerprint density at radius 3 is 2.43 bits per heavy atom. The third kappa shape index (κ3) is 6.28. The van der Waals surface area contributed by atoms with Crippen LogP contribution in [0.3, 0.4) is 0 Å². The zero-order chi connectivity index (χ0) is 26.5. The summed E-state index contributed by atoms with van der Waals surface area (Å²) in [5.74, 6) is -1.86. The molecule has 1 saturated heterocycles. The van der Waals surface area contributed by atoms with E-state index in [1.807, 2.05) is 0 Å². The SMILES string of the molecule is COc1cccc(N2C[C@H](C(=O)OCC(=O)c3ccc(OC(=O)c4ccc(Cl)cc4Cl)cc3)CC2=O)c1. The summed E-state index contributed by atoms with van der Waals surface area (Å²) in [5.41, 5.74) is 1.03. The fraction of sp³-hybridized carbons (Fsp3) is 0.185. The van der Waals surface area contributed by atoms with Gasteiger partial charge in [-0.3, -0.25) is 14.4 Å². The molecule has 0 unspecified atom stereocenters. The van der Waals surface area contributed by atoms with E-state index in [1.54, 1.807) is 24.3 Å². The molecular formula is C27H21Cl2NO7. The quantitative estimate of drug-likeness (QED) is 0.224. The Kier molecular flexibility index (Phi) is 8.11. The van der Waals surface area contributed by atoms with Gasteiger partial charge in [0.05, 0.1) is 23.6 Å². The Bertz CT molecular complexity index is 1360. The number of ketones is 1. The first kappa shape index (κ1) is 26.2. The van der Waals surface area contributed by atoms with Crippen molar-refractivity contribution in [3.05, 3.63) is 87.9 Å². The number of Topliss-reactive ketones (excluding diaryl/α,β-unsaturated/α-hetero) is 1. The lowest BCUT2D eigenvalue weighted by atomic mass is 10.1. The second kappa shape index (κ2) is 11.5. The van der Waals surface area contributed by atoms with E-state index in [2.05, 4.69) is 0 Å². The molecule has 0 saturated carbocycles.